The first kappa shape index (κ1) is 12.6. The average Bonchev–Trinajstić information content (AvgIpc) is 2.68. The summed E-state index contributed by atoms with van der Waals surface area (Å²) in [5, 5.41) is 5.08. The van der Waals surface area contributed by atoms with Crippen LogP contribution in [0.3, 0.4) is 0 Å². The molecule has 1 N–H and O–H groups in total. The van der Waals surface area contributed by atoms with Crippen LogP contribution in [-0.2, 0) is 6.54 Å². The van der Waals surface area contributed by atoms with Gasteiger partial charge in [-0.2, -0.15) is 0 Å². The maximum absolute atomic E-state index is 6.18. The second-order valence-corrected chi connectivity index (χ2v) is 5.28. The molecule has 1 aromatic heterocycles. The Hall–Kier alpha value is -0.900. The van der Waals surface area contributed by atoms with Gasteiger partial charge in [-0.25, -0.2) is 4.98 Å². The van der Waals surface area contributed by atoms with Gasteiger partial charge in [0.25, 0.3) is 0 Å². The molecular formula is C13H15ClN2S. The number of nitrogens with zero attached hydrogens (tertiary/aromatic N) is 1. The van der Waals surface area contributed by atoms with Gasteiger partial charge in [0.2, 0.25) is 0 Å². The highest BCUT2D eigenvalue weighted by atomic mass is 35.5. The third-order valence-corrected chi connectivity index (χ3v) is 4.05. The van der Waals surface area contributed by atoms with E-state index in [1.54, 1.807) is 11.3 Å². The van der Waals surface area contributed by atoms with Gasteiger partial charge in [0.05, 0.1) is 10.7 Å². The van der Waals surface area contributed by atoms with E-state index in [9.17, 15) is 0 Å². The van der Waals surface area contributed by atoms with Crippen LogP contribution in [0.25, 0.3) is 10.6 Å². The zero-order valence-electron chi connectivity index (χ0n) is 9.96. The van der Waals surface area contributed by atoms with E-state index in [1.165, 1.54) is 4.88 Å². The van der Waals surface area contributed by atoms with E-state index in [1.807, 2.05) is 31.2 Å². The molecule has 0 spiro atoms. The molecule has 1 heterocycles. The Morgan fingerprint density at radius 2 is 2.12 bits per heavy atom. The van der Waals surface area contributed by atoms with Crippen LogP contribution in [-0.4, -0.2) is 11.5 Å². The van der Waals surface area contributed by atoms with Crippen molar-refractivity contribution < 1.29 is 0 Å². The lowest BCUT2D eigenvalue weighted by Gasteiger charge is -1.98. The zero-order chi connectivity index (χ0) is 12.3. The quantitative estimate of drug-likeness (QED) is 0.908. The van der Waals surface area contributed by atoms with Gasteiger partial charge in [-0.05, 0) is 19.5 Å². The second-order valence-electron chi connectivity index (χ2n) is 3.79. The lowest BCUT2D eigenvalue weighted by atomic mass is 10.2. The van der Waals surface area contributed by atoms with E-state index >= 15 is 0 Å². The fourth-order valence-corrected chi connectivity index (χ4v) is 2.93. The van der Waals surface area contributed by atoms with Crippen LogP contribution < -0.4 is 5.32 Å². The Morgan fingerprint density at radius 1 is 1.35 bits per heavy atom. The molecule has 0 bridgehead atoms. The number of hydrogen-bond acceptors (Lipinski definition) is 3. The Bertz CT molecular complexity index is 508. The SMILES string of the molecule is CCNCc1sc(-c2ccccc2Cl)nc1C. The highest BCUT2D eigenvalue weighted by molar-refractivity contribution is 7.15. The smallest absolute Gasteiger partial charge is 0.125 e. The number of benzene rings is 1. The maximum Gasteiger partial charge on any atom is 0.125 e. The molecule has 0 radical (unpaired) electrons. The Kier molecular flexibility index (Phi) is 4.15. The summed E-state index contributed by atoms with van der Waals surface area (Å²) in [4.78, 5) is 5.87. The van der Waals surface area contributed by atoms with Crippen LogP contribution in [0.5, 0.6) is 0 Å². The predicted molar refractivity (Wildman–Crippen MR) is 74.7 cm³/mol. The van der Waals surface area contributed by atoms with E-state index in [2.05, 4.69) is 17.2 Å². The van der Waals surface area contributed by atoms with Crippen LogP contribution in [0, 0.1) is 6.92 Å². The minimum atomic E-state index is 0.760. The number of aromatic nitrogens is 1. The van der Waals surface area contributed by atoms with Gasteiger partial charge in [0.1, 0.15) is 5.01 Å². The van der Waals surface area contributed by atoms with Crippen LogP contribution in [0.4, 0.5) is 0 Å². The van der Waals surface area contributed by atoms with Gasteiger partial charge in [-0.15, -0.1) is 11.3 Å². The molecule has 0 unspecified atom stereocenters. The zero-order valence-corrected chi connectivity index (χ0v) is 11.5. The molecule has 4 heteroatoms. The molecule has 2 aromatic rings. The highest BCUT2D eigenvalue weighted by Gasteiger charge is 2.11. The highest BCUT2D eigenvalue weighted by Crippen LogP contribution is 2.32. The van der Waals surface area contributed by atoms with Crippen LogP contribution in [0.2, 0.25) is 5.02 Å². The van der Waals surface area contributed by atoms with Gasteiger partial charge >= 0.3 is 0 Å². The fraction of sp³-hybridized carbons (Fsp3) is 0.308. The number of aryl methyl sites for hydroxylation is 1. The number of thiazole rings is 1. The summed E-state index contributed by atoms with van der Waals surface area (Å²) in [6, 6.07) is 7.84. The Balaban J connectivity index is 2.31. The van der Waals surface area contributed by atoms with Crippen LogP contribution in [0.15, 0.2) is 24.3 Å². The van der Waals surface area contributed by atoms with Gasteiger partial charge in [0, 0.05) is 17.0 Å². The van der Waals surface area contributed by atoms with Gasteiger partial charge in [0.15, 0.2) is 0 Å². The maximum atomic E-state index is 6.18. The molecule has 0 aliphatic heterocycles. The van der Waals surface area contributed by atoms with Crippen LogP contribution >= 0.6 is 22.9 Å². The van der Waals surface area contributed by atoms with E-state index in [0.29, 0.717) is 0 Å². The minimum absolute atomic E-state index is 0.760. The van der Waals surface area contributed by atoms with Crippen molar-refractivity contribution in [3.05, 3.63) is 39.9 Å². The summed E-state index contributed by atoms with van der Waals surface area (Å²) < 4.78 is 0. The topological polar surface area (TPSA) is 24.9 Å². The summed E-state index contributed by atoms with van der Waals surface area (Å²) in [6.45, 7) is 6.00. The van der Waals surface area contributed by atoms with Crippen molar-refractivity contribution in [3.63, 3.8) is 0 Å². The predicted octanol–water partition coefficient (Wildman–Crippen LogP) is 3.88. The summed E-state index contributed by atoms with van der Waals surface area (Å²) >= 11 is 7.88. The Morgan fingerprint density at radius 3 is 2.82 bits per heavy atom. The molecule has 0 atom stereocenters. The second kappa shape index (κ2) is 5.63. The molecule has 0 amide bonds. The normalized spacial score (nSPS) is 10.8. The number of rotatable bonds is 4. The molecule has 0 aliphatic rings. The molecule has 2 nitrogen and oxygen atoms in total. The first-order valence-corrected chi connectivity index (χ1v) is 6.83. The molecule has 90 valence electrons. The third kappa shape index (κ3) is 2.86. The molecular weight excluding hydrogens is 252 g/mol. The summed E-state index contributed by atoms with van der Waals surface area (Å²) in [6.07, 6.45) is 0. The molecule has 0 saturated carbocycles. The Labute approximate surface area is 111 Å². The minimum Gasteiger partial charge on any atom is -0.312 e. The van der Waals surface area contributed by atoms with Crippen molar-refractivity contribution in [1.82, 2.24) is 10.3 Å². The number of halogens is 1. The van der Waals surface area contributed by atoms with Crippen molar-refractivity contribution in [2.24, 2.45) is 0 Å². The monoisotopic (exact) mass is 266 g/mol. The van der Waals surface area contributed by atoms with Crippen molar-refractivity contribution >= 4 is 22.9 Å². The largest absolute Gasteiger partial charge is 0.312 e. The number of nitrogens with one attached hydrogen (secondary N) is 1. The van der Waals surface area contributed by atoms with Crippen LogP contribution in [0.1, 0.15) is 17.5 Å². The first-order chi connectivity index (χ1) is 8.22. The van der Waals surface area contributed by atoms with Crippen molar-refractivity contribution in [3.8, 4) is 10.6 Å². The lowest BCUT2D eigenvalue weighted by Crippen LogP contribution is -2.11. The summed E-state index contributed by atoms with van der Waals surface area (Å²) in [5.41, 5.74) is 2.11. The summed E-state index contributed by atoms with van der Waals surface area (Å²) in [5.74, 6) is 0. The summed E-state index contributed by atoms with van der Waals surface area (Å²) in [7, 11) is 0. The van der Waals surface area contributed by atoms with Crippen molar-refractivity contribution in [1.29, 1.82) is 0 Å². The van der Waals surface area contributed by atoms with Gasteiger partial charge in [-0.1, -0.05) is 36.7 Å². The van der Waals surface area contributed by atoms with Crippen molar-refractivity contribution in [2.45, 2.75) is 20.4 Å². The lowest BCUT2D eigenvalue weighted by molar-refractivity contribution is 0.731. The van der Waals surface area contributed by atoms with E-state index in [-0.39, 0.29) is 0 Å². The van der Waals surface area contributed by atoms with Gasteiger partial charge in [-0.3, -0.25) is 0 Å². The van der Waals surface area contributed by atoms with Crippen molar-refractivity contribution in [2.75, 3.05) is 6.54 Å². The number of hydrogen-bond donors (Lipinski definition) is 1. The van der Waals surface area contributed by atoms with E-state index in [0.717, 1.165) is 34.4 Å². The van der Waals surface area contributed by atoms with Gasteiger partial charge < -0.3 is 5.32 Å². The average molecular weight is 267 g/mol. The third-order valence-electron chi connectivity index (χ3n) is 2.53. The molecule has 0 saturated heterocycles. The molecule has 1 aromatic carbocycles. The molecule has 0 fully saturated rings. The standard InChI is InChI=1S/C13H15ClN2S/c1-3-15-8-12-9(2)16-13(17-12)10-6-4-5-7-11(10)14/h4-7,15H,3,8H2,1-2H3. The molecule has 0 aliphatic carbocycles. The van der Waals surface area contributed by atoms with E-state index < -0.39 is 0 Å². The fourth-order valence-electron chi connectivity index (χ4n) is 1.58. The molecule has 2 rings (SSSR count). The first-order valence-electron chi connectivity index (χ1n) is 5.64. The van der Waals surface area contributed by atoms with E-state index in [4.69, 9.17) is 11.6 Å². The molecule has 17 heavy (non-hydrogen) atoms.